The van der Waals surface area contributed by atoms with Gasteiger partial charge in [-0.2, -0.15) is 0 Å². The molecule has 18 heavy (non-hydrogen) atoms. The standard InChI is InChI=1S/C15H28N2O/c1-3-15(11-8-12-16-15)14(18)17(2)13-9-6-4-5-7-10-13/h13,16H,3-12H2,1-2H3. The molecular weight excluding hydrogens is 224 g/mol. The van der Waals surface area contributed by atoms with Crippen molar-refractivity contribution >= 4 is 5.91 Å². The lowest BCUT2D eigenvalue weighted by Crippen LogP contribution is -2.55. The second kappa shape index (κ2) is 6.05. The van der Waals surface area contributed by atoms with E-state index in [1.54, 1.807) is 0 Å². The molecule has 0 bridgehead atoms. The van der Waals surface area contributed by atoms with Crippen LogP contribution >= 0.6 is 0 Å². The van der Waals surface area contributed by atoms with Gasteiger partial charge in [-0.05, 0) is 38.6 Å². The molecule has 1 aliphatic heterocycles. The van der Waals surface area contributed by atoms with Crippen LogP contribution in [0.15, 0.2) is 0 Å². The van der Waals surface area contributed by atoms with E-state index >= 15 is 0 Å². The number of nitrogens with one attached hydrogen (secondary N) is 1. The highest BCUT2D eigenvalue weighted by Gasteiger charge is 2.42. The van der Waals surface area contributed by atoms with Gasteiger partial charge in [0, 0.05) is 13.1 Å². The first kappa shape index (κ1) is 13.9. The average molecular weight is 252 g/mol. The van der Waals surface area contributed by atoms with Crippen molar-refractivity contribution in [1.82, 2.24) is 10.2 Å². The molecular formula is C15H28N2O. The van der Waals surface area contributed by atoms with Gasteiger partial charge in [0.2, 0.25) is 5.91 Å². The lowest BCUT2D eigenvalue weighted by molar-refractivity contribution is -0.139. The second-order valence-corrected chi connectivity index (χ2v) is 6.03. The van der Waals surface area contributed by atoms with Gasteiger partial charge in [0.05, 0.1) is 5.54 Å². The lowest BCUT2D eigenvalue weighted by Gasteiger charge is -2.36. The van der Waals surface area contributed by atoms with Crippen molar-refractivity contribution in [2.45, 2.75) is 76.3 Å². The first-order chi connectivity index (χ1) is 8.69. The molecule has 1 saturated carbocycles. The van der Waals surface area contributed by atoms with E-state index < -0.39 is 0 Å². The molecule has 0 aromatic carbocycles. The molecule has 1 unspecified atom stereocenters. The van der Waals surface area contributed by atoms with Crippen LogP contribution in [-0.2, 0) is 4.79 Å². The fourth-order valence-electron chi connectivity index (χ4n) is 3.59. The molecule has 1 saturated heterocycles. The Labute approximate surface area is 111 Å². The zero-order valence-electron chi connectivity index (χ0n) is 12.0. The van der Waals surface area contributed by atoms with Crippen LogP contribution in [0.4, 0.5) is 0 Å². The summed E-state index contributed by atoms with van der Waals surface area (Å²) in [6.45, 7) is 3.13. The van der Waals surface area contributed by atoms with Crippen LogP contribution in [0.1, 0.15) is 64.7 Å². The number of hydrogen-bond acceptors (Lipinski definition) is 2. The summed E-state index contributed by atoms with van der Waals surface area (Å²) in [7, 11) is 2.02. The third kappa shape index (κ3) is 2.71. The van der Waals surface area contributed by atoms with E-state index in [4.69, 9.17) is 0 Å². The number of hydrogen-bond donors (Lipinski definition) is 1. The molecule has 1 aliphatic carbocycles. The molecule has 2 aliphatic rings. The van der Waals surface area contributed by atoms with Gasteiger partial charge < -0.3 is 10.2 Å². The molecule has 2 rings (SSSR count). The van der Waals surface area contributed by atoms with Crippen molar-refractivity contribution in [3.05, 3.63) is 0 Å². The van der Waals surface area contributed by atoms with E-state index in [9.17, 15) is 4.79 Å². The third-order valence-corrected chi connectivity index (χ3v) is 4.95. The maximum absolute atomic E-state index is 12.8. The Kier molecular flexibility index (Phi) is 4.66. The summed E-state index contributed by atoms with van der Waals surface area (Å²) in [5.74, 6) is 0.342. The summed E-state index contributed by atoms with van der Waals surface area (Å²) >= 11 is 0. The molecule has 3 heteroatoms. The van der Waals surface area contributed by atoms with Gasteiger partial charge in [0.15, 0.2) is 0 Å². The van der Waals surface area contributed by atoms with Gasteiger partial charge >= 0.3 is 0 Å². The Morgan fingerprint density at radius 1 is 1.22 bits per heavy atom. The van der Waals surface area contributed by atoms with Gasteiger partial charge in [0.25, 0.3) is 0 Å². The summed E-state index contributed by atoms with van der Waals surface area (Å²) in [5.41, 5.74) is -0.249. The number of carbonyl (C=O) groups excluding carboxylic acids is 1. The largest absolute Gasteiger partial charge is 0.341 e. The summed E-state index contributed by atoms with van der Waals surface area (Å²) in [5, 5.41) is 3.46. The summed E-state index contributed by atoms with van der Waals surface area (Å²) < 4.78 is 0. The summed E-state index contributed by atoms with van der Waals surface area (Å²) in [6, 6.07) is 0.478. The van der Waals surface area contributed by atoms with E-state index in [0.717, 1.165) is 25.8 Å². The minimum atomic E-state index is -0.249. The monoisotopic (exact) mass is 252 g/mol. The SMILES string of the molecule is CCC1(C(=O)N(C)C2CCCCCC2)CCCN1. The van der Waals surface area contributed by atoms with Crippen LogP contribution in [0.5, 0.6) is 0 Å². The van der Waals surface area contributed by atoms with Gasteiger partial charge in [-0.25, -0.2) is 0 Å². The van der Waals surface area contributed by atoms with Gasteiger partial charge in [-0.15, -0.1) is 0 Å². The van der Waals surface area contributed by atoms with E-state index in [2.05, 4.69) is 17.1 Å². The number of likely N-dealkylation sites (N-methyl/N-ethyl adjacent to an activating group) is 1. The molecule has 1 atom stereocenters. The van der Waals surface area contributed by atoms with Crippen LogP contribution in [0, 0.1) is 0 Å². The van der Waals surface area contributed by atoms with E-state index in [1.807, 2.05) is 7.05 Å². The van der Waals surface area contributed by atoms with Crippen molar-refractivity contribution in [2.75, 3.05) is 13.6 Å². The lowest BCUT2D eigenvalue weighted by atomic mass is 9.91. The predicted molar refractivity (Wildman–Crippen MR) is 74.5 cm³/mol. The van der Waals surface area contributed by atoms with Crippen LogP contribution in [0.3, 0.4) is 0 Å². The molecule has 1 heterocycles. The Morgan fingerprint density at radius 2 is 1.89 bits per heavy atom. The van der Waals surface area contributed by atoms with Gasteiger partial charge in [-0.3, -0.25) is 4.79 Å². The van der Waals surface area contributed by atoms with Crippen molar-refractivity contribution < 1.29 is 4.79 Å². The Morgan fingerprint density at radius 3 is 2.39 bits per heavy atom. The molecule has 0 spiro atoms. The molecule has 0 aromatic heterocycles. The first-order valence-corrected chi connectivity index (χ1v) is 7.72. The zero-order chi connectivity index (χ0) is 13.0. The maximum Gasteiger partial charge on any atom is 0.242 e. The van der Waals surface area contributed by atoms with Crippen molar-refractivity contribution in [1.29, 1.82) is 0 Å². The van der Waals surface area contributed by atoms with Crippen molar-refractivity contribution in [2.24, 2.45) is 0 Å². The molecule has 2 fully saturated rings. The maximum atomic E-state index is 12.8. The van der Waals surface area contributed by atoms with Gasteiger partial charge in [0.1, 0.15) is 0 Å². The van der Waals surface area contributed by atoms with Crippen LogP contribution < -0.4 is 5.32 Å². The summed E-state index contributed by atoms with van der Waals surface area (Å²) in [6.07, 6.45) is 10.7. The normalized spacial score (nSPS) is 30.1. The number of nitrogens with zero attached hydrogens (tertiary/aromatic N) is 1. The van der Waals surface area contributed by atoms with E-state index in [-0.39, 0.29) is 5.54 Å². The first-order valence-electron chi connectivity index (χ1n) is 7.72. The second-order valence-electron chi connectivity index (χ2n) is 6.03. The smallest absolute Gasteiger partial charge is 0.242 e. The quantitative estimate of drug-likeness (QED) is 0.783. The number of rotatable bonds is 3. The van der Waals surface area contributed by atoms with Gasteiger partial charge in [-0.1, -0.05) is 32.6 Å². The number of amides is 1. The van der Waals surface area contributed by atoms with Crippen LogP contribution in [0.25, 0.3) is 0 Å². The molecule has 1 amide bonds. The third-order valence-electron chi connectivity index (χ3n) is 4.95. The highest BCUT2D eigenvalue weighted by molar-refractivity contribution is 5.86. The molecule has 104 valence electrons. The fraction of sp³-hybridized carbons (Fsp3) is 0.933. The van der Waals surface area contributed by atoms with E-state index in [1.165, 1.54) is 38.5 Å². The summed E-state index contributed by atoms with van der Waals surface area (Å²) in [4.78, 5) is 14.8. The highest BCUT2D eigenvalue weighted by Crippen LogP contribution is 2.28. The van der Waals surface area contributed by atoms with Crippen LogP contribution in [-0.4, -0.2) is 36.0 Å². The Hall–Kier alpha value is -0.570. The Bertz CT molecular complexity index is 276. The molecule has 1 N–H and O–H groups in total. The molecule has 3 nitrogen and oxygen atoms in total. The molecule has 0 aromatic rings. The average Bonchev–Trinajstić information content (AvgIpc) is 2.73. The van der Waals surface area contributed by atoms with Crippen molar-refractivity contribution in [3.63, 3.8) is 0 Å². The predicted octanol–water partition coefficient (Wildman–Crippen LogP) is 2.70. The minimum Gasteiger partial charge on any atom is -0.341 e. The minimum absolute atomic E-state index is 0.249. The number of carbonyl (C=O) groups is 1. The zero-order valence-corrected chi connectivity index (χ0v) is 12.0. The Balaban J connectivity index is 2.02. The fourth-order valence-corrected chi connectivity index (χ4v) is 3.59. The molecule has 0 radical (unpaired) electrons. The van der Waals surface area contributed by atoms with Crippen molar-refractivity contribution in [3.8, 4) is 0 Å². The topological polar surface area (TPSA) is 32.3 Å². The van der Waals surface area contributed by atoms with E-state index in [0.29, 0.717) is 11.9 Å². The van der Waals surface area contributed by atoms with Crippen LogP contribution in [0.2, 0.25) is 0 Å². The highest BCUT2D eigenvalue weighted by atomic mass is 16.2.